The highest BCUT2D eigenvalue weighted by Crippen LogP contribution is 2.53. The number of halogens is 3. The number of hydrogen-bond acceptors (Lipinski definition) is 2. The van der Waals surface area contributed by atoms with E-state index in [1.54, 1.807) is 12.1 Å². The molecule has 5 heteroatoms. The molecule has 96 valence electrons. The Morgan fingerprint density at radius 3 is 2.78 bits per heavy atom. The molecular formula is C13H11BrF2O2. The van der Waals surface area contributed by atoms with E-state index in [0.717, 1.165) is 0 Å². The summed E-state index contributed by atoms with van der Waals surface area (Å²) in [5.41, 5.74) is 0.473. The molecule has 0 bridgehead atoms. The van der Waals surface area contributed by atoms with Crippen molar-refractivity contribution in [1.82, 2.24) is 0 Å². The van der Waals surface area contributed by atoms with Gasteiger partial charge >= 0.3 is 5.85 Å². The van der Waals surface area contributed by atoms with Gasteiger partial charge in [-0.25, -0.2) is 4.39 Å². The van der Waals surface area contributed by atoms with Gasteiger partial charge in [0.15, 0.2) is 17.3 Å². The number of methoxy groups -OCH3 is 1. The summed E-state index contributed by atoms with van der Waals surface area (Å²) >= 11 is 3.29. The average molecular weight is 317 g/mol. The van der Waals surface area contributed by atoms with E-state index in [1.165, 1.54) is 13.2 Å². The van der Waals surface area contributed by atoms with Crippen LogP contribution in [-0.4, -0.2) is 13.0 Å². The zero-order chi connectivity index (χ0) is 12.9. The standard InChI is InChI=1S/C13H11BrF2O2/c1-17-10-5-4-9(14)8-6-11(15)13(16,7-2-3-7)18-12(8)10/h4-7H,2-3H2,1H3. The summed E-state index contributed by atoms with van der Waals surface area (Å²) in [7, 11) is 1.47. The molecule has 1 unspecified atom stereocenters. The molecular weight excluding hydrogens is 306 g/mol. The quantitative estimate of drug-likeness (QED) is 0.812. The van der Waals surface area contributed by atoms with Crippen molar-refractivity contribution in [3.8, 4) is 11.5 Å². The molecule has 0 aromatic heterocycles. The second-order valence-electron chi connectivity index (χ2n) is 4.51. The van der Waals surface area contributed by atoms with Gasteiger partial charge in [0.05, 0.1) is 7.11 Å². The summed E-state index contributed by atoms with van der Waals surface area (Å²) < 4.78 is 39.5. The van der Waals surface area contributed by atoms with E-state index in [1.807, 2.05) is 0 Å². The van der Waals surface area contributed by atoms with E-state index < -0.39 is 17.6 Å². The van der Waals surface area contributed by atoms with Crippen molar-refractivity contribution in [2.45, 2.75) is 18.7 Å². The zero-order valence-corrected chi connectivity index (χ0v) is 11.3. The zero-order valence-electron chi connectivity index (χ0n) is 9.67. The molecule has 1 atom stereocenters. The lowest BCUT2D eigenvalue weighted by Gasteiger charge is -2.30. The molecule has 1 fully saturated rings. The fraction of sp³-hybridized carbons (Fsp3) is 0.385. The highest BCUT2D eigenvalue weighted by atomic mass is 79.9. The lowest BCUT2D eigenvalue weighted by atomic mass is 10.0. The van der Waals surface area contributed by atoms with E-state index >= 15 is 0 Å². The van der Waals surface area contributed by atoms with Gasteiger partial charge in [-0.3, -0.25) is 0 Å². The minimum Gasteiger partial charge on any atom is -0.493 e. The molecule has 2 nitrogen and oxygen atoms in total. The van der Waals surface area contributed by atoms with Crippen LogP contribution in [-0.2, 0) is 0 Å². The van der Waals surface area contributed by atoms with Crippen molar-refractivity contribution >= 4 is 22.0 Å². The van der Waals surface area contributed by atoms with E-state index in [9.17, 15) is 8.78 Å². The van der Waals surface area contributed by atoms with Gasteiger partial charge in [-0.05, 0) is 31.1 Å². The summed E-state index contributed by atoms with van der Waals surface area (Å²) in [6, 6.07) is 3.38. The number of benzene rings is 1. The maximum Gasteiger partial charge on any atom is 0.302 e. The molecule has 1 heterocycles. The number of alkyl halides is 1. The van der Waals surface area contributed by atoms with Gasteiger partial charge in [-0.1, -0.05) is 15.9 Å². The highest BCUT2D eigenvalue weighted by molar-refractivity contribution is 9.10. The van der Waals surface area contributed by atoms with Crippen LogP contribution in [0, 0.1) is 5.92 Å². The Hall–Kier alpha value is -1.10. The third kappa shape index (κ3) is 1.64. The van der Waals surface area contributed by atoms with Gasteiger partial charge in [-0.15, -0.1) is 0 Å². The second kappa shape index (κ2) is 3.95. The van der Waals surface area contributed by atoms with Gasteiger partial charge in [-0.2, -0.15) is 4.39 Å². The first-order chi connectivity index (χ1) is 8.56. The molecule has 0 saturated heterocycles. The summed E-state index contributed by atoms with van der Waals surface area (Å²) in [5, 5.41) is 0. The van der Waals surface area contributed by atoms with Gasteiger partial charge < -0.3 is 9.47 Å². The summed E-state index contributed by atoms with van der Waals surface area (Å²) in [6.07, 6.45) is 2.47. The molecule has 1 aliphatic carbocycles. The lowest BCUT2D eigenvalue weighted by Crippen LogP contribution is -2.36. The van der Waals surface area contributed by atoms with Crippen molar-refractivity contribution in [3.05, 3.63) is 28.0 Å². The molecule has 0 amide bonds. The normalized spacial score (nSPS) is 26.1. The molecule has 2 aliphatic rings. The SMILES string of the molecule is COc1ccc(Br)c2c1OC(F)(C1CC1)C(F)=C2. The monoisotopic (exact) mass is 316 g/mol. The second-order valence-corrected chi connectivity index (χ2v) is 5.36. The fourth-order valence-electron chi connectivity index (χ4n) is 2.11. The molecule has 0 radical (unpaired) electrons. The smallest absolute Gasteiger partial charge is 0.302 e. The molecule has 0 spiro atoms. The molecule has 18 heavy (non-hydrogen) atoms. The average Bonchev–Trinajstić information content (AvgIpc) is 3.17. The molecule has 3 rings (SSSR count). The van der Waals surface area contributed by atoms with Crippen molar-refractivity contribution < 1.29 is 18.3 Å². The Morgan fingerprint density at radius 1 is 1.44 bits per heavy atom. The van der Waals surface area contributed by atoms with Gasteiger partial charge in [0.1, 0.15) is 0 Å². The molecule has 0 N–H and O–H groups in total. The Bertz CT molecular complexity index is 540. The first kappa shape index (κ1) is 12.0. The highest BCUT2D eigenvalue weighted by Gasteiger charge is 2.54. The maximum atomic E-state index is 14.5. The number of fused-ring (bicyclic) bond motifs is 1. The first-order valence-electron chi connectivity index (χ1n) is 5.68. The Kier molecular flexibility index (Phi) is 2.62. The van der Waals surface area contributed by atoms with E-state index in [4.69, 9.17) is 9.47 Å². The van der Waals surface area contributed by atoms with Crippen molar-refractivity contribution in [2.75, 3.05) is 7.11 Å². The van der Waals surface area contributed by atoms with Crippen LogP contribution in [0.15, 0.2) is 22.4 Å². The minimum absolute atomic E-state index is 0.252. The predicted octanol–water partition coefficient (Wildman–Crippen LogP) is 4.24. The van der Waals surface area contributed by atoms with Crippen LogP contribution in [0.1, 0.15) is 18.4 Å². The van der Waals surface area contributed by atoms with Gasteiger partial charge in [0.2, 0.25) is 0 Å². The largest absolute Gasteiger partial charge is 0.493 e. The van der Waals surface area contributed by atoms with Gasteiger partial charge in [0, 0.05) is 16.0 Å². The summed E-state index contributed by atoms with van der Waals surface area (Å²) in [5.74, 6) is -2.94. The Balaban J connectivity index is 2.15. The van der Waals surface area contributed by atoms with Crippen LogP contribution in [0.2, 0.25) is 0 Å². The van der Waals surface area contributed by atoms with Gasteiger partial charge in [0.25, 0.3) is 0 Å². The van der Waals surface area contributed by atoms with E-state index in [-0.39, 0.29) is 5.75 Å². The first-order valence-corrected chi connectivity index (χ1v) is 6.47. The number of rotatable bonds is 2. The Morgan fingerprint density at radius 2 is 2.17 bits per heavy atom. The van der Waals surface area contributed by atoms with Crippen LogP contribution >= 0.6 is 15.9 Å². The molecule has 1 aromatic carbocycles. The van der Waals surface area contributed by atoms with Crippen LogP contribution in [0.5, 0.6) is 11.5 Å². The van der Waals surface area contributed by atoms with Crippen LogP contribution in [0.25, 0.3) is 6.08 Å². The Labute approximate surface area is 112 Å². The predicted molar refractivity (Wildman–Crippen MR) is 67.0 cm³/mol. The maximum absolute atomic E-state index is 14.5. The van der Waals surface area contributed by atoms with E-state index in [0.29, 0.717) is 28.6 Å². The minimum atomic E-state index is -2.33. The number of hydrogen-bond donors (Lipinski definition) is 0. The topological polar surface area (TPSA) is 18.5 Å². The van der Waals surface area contributed by atoms with Crippen LogP contribution < -0.4 is 9.47 Å². The van der Waals surface area contributed by atoms with Crippen LogP contribution in [0.4, 0.5) is 8.78 Å². The van der Waals surface area contributed by atoms with Crippen molar-refractivity contribution in [1.29, 1.82) is 0 Å². The van der Waals surface area contributed by atoms with E-state index in [2.05, 4.69) is 15.9 Å². The van der Waals surface area contributed by atoms with Crippen molar-refractivity contribution in [3.63, 3.8) is 0 Å². The molecule has 1 aromatic rings. The third-order valence-electron chi connectivity index (χ3n) is 3.28. The molecule has 1 aliphatic heterocycles. The molecule has 1 saturated carbocycles. The lowest BCUT2D eigenvalue weighted by molar-refractivity contribution is -0.0673. The van der Waals surface area contributed by atoms with Crippen LogP contribution in [0.3, 0.4) is 0 Å². The third-order valence-corrected chi connectivity index (χ3v) is 3.97. The summed E-state index contributed by atoms with van der Waals surface area (Å²) in [6.45, 7) is 0. The number of ether oxygens (including phenoxy) is 2. The summed E-state index contributed by atoms with van der Waals surface area (Å²) in [4.78, 5) is 0. The fourth-order valence-corrected chi connectivity index (χ4v) is 2.54. The van der Waals surface area contributed by atoms with Crippen molar-refractivity contribution in [2.24, 2.45) is 5.92 Å².